The number of aliphatic hydroxyl groups excluding tert-OH is 1. The van der Waals surface area contributed by atoms with E-state index in [1.807, 2.05) is 0 Å². The zero-order valence-electron chi connectivity index (χ0n) is 12.3. The van der Waals surface area contributed by atoms with Gasteiger partial charge in [0.05, 0.1) is 13.2 Å². The van der Waals surface area contributed by atoms with Crippen LogP contribution < -0.4 is 4.74 Å². The van der Waals surface area contributed by atoms with Crippen LogP contribution in [-0.2, 0) is 6.42 Å². The van der Waals surface area contributed by atoms with E-state index in [2.05, 4.69) is 30.9 Å². The summed E-state index contributed by atoms with van der Waals surface area (Å²) in [6.45, 7) is 7.30. The van der Waals surface area contributed by atoms with Gasteiger partial charge < -0.3 is 14.7 Å². The summed E-state index contributed by atoms with van der Waals surface area (Å²) < 4.78 is 5.53. The molecule has 1 aliphatic heterocycles. The van der Waals surface area contributed by atoms with E-state index < -0.39 is 0 Å². The smallest absolute Gasteiger partial charge is 0.125 e. The molecule has 0 saturated carbocycles. The number of hydrogen-bond acceptors (Lipinski definition) is 3. The van der Waals surface area contributed by atoms with E-state index in [9.17, 15) is 5.11 Å². The molecule has 1 heterocycles. The van der Waals surface area contributed by atoms with Gasteiger partial charge in [0.25, 0.3) is 0 Å². The Kier molecular flexibility index (Phi) is 4.83. The molecular formula is C16H25NO2. The topological polar surface area (TPSA) is 32.7 Å². The van der Waals surface area contributed by atoms with Gasteiger partial charge in [0.1, 0.15) is 5.75 Å². The number of likely N-dealkylation sites (tertiary alicyclic amines) is 1. The molecule has 0 aromatic heterocycles. The molecule has 3 heteroatoms. The molecule has 1 saturated heterocycles. The fourth-order valence-corrected chi connectivity index (χ4v) is 2.94. The number of aryl methyl sites for hydroxylation is 2. The lowest BCUT2D eigenvalue weighted by atomic mass is 10.0. The van der Waals surface area contributed by atoms with Crippen molar-refractivity contribution in [3.8, 4) is 5.75 Å². The molecule has 0 atom stereocenters. The predicted molar refractivity (Wildman–Crippen MR) is 77.9 cm³/mol. The van der Waals surface area contributed by atoms with Gasteiger partial charge in [-0.2, -0.15) is 0 Å². The highest BCUT2D eigenvalue weighted by Crippen LogP contribution is 2.26. The van der Waals surface area contributed by atoms with Crippen LogP contribution in [0, 0.1) is 13.8 Å². The minimum absolute atomic E-state index is 0.0907. The Labute approximate surface area is 116 Å². The Morgan fingerprint density at radius 1 is 1.26 bits per heavy atom. The highest BCUT2D eigenvalue weighted by molar-refractivity contribution is 5.43. The van der Waals surface area contributed by atoms with Gasteiger partial charge in [0.2, 0.25) is 0 Å². The number of benzene rings is 1. The third-order valence-corrected chi connectivity index (χ3v) is 3.95. The number of nitrogens with zero attached hydrogens (tertiary/aromatic N) is 1. The normalized spacial score (nSPS) is 17.7. The van der Waals surface area contributed by atoms with E-state index in [4.69, 9.17) is 4.74 Å². The van der Waals surface area contributed by atoms with Crippen molar-refractivity contribution in [3.05, 3.63) is 28.8 Å². The molecular weight excluding hydrogens is 238 g/mol. The van der Waals surface area contributed by atoms with Crippen molar-refractivity contribution in [1.29, 1.82) is 0 Å². The second kappa shape index (κ2) is 6.40. The summed E-state index contributed by atoms with van der Waals surface area (Å²) in [5.74, 6) is 1.03. The molecule has 0 radical (unpaired) electrons. The molecule has 1 aliphatic rings. The van der Waals surface area contributed by atoms with Gasteiger partial charge in [-0.25, -0.2) is 0 Å². The van der Waals surface area contributed by atoms with E-state index in [1.165, 1.54) is 16.7 Å². The highest BCUT2D eigenvalue weighted by Gasteiger charge is 2.17. The predicted octanol–water partition coefficient (Wildman–Crippen LogP) is 2.31. The monoisotopic (exact) mass is 263 g/mol. The molecule has 0 spiro atoms. The van der Waals surface area contributed by atoms with Gasteiger partial charge in [-0.1, -0.05) is 17.7 Å². The summed E-state index contributed by atoms with van der Waals surface area (Å²) in [7, 11) is 1.75. The van der Waals surface area contributed by atoms with Crippen molar-refractivity contribution in [2.45, 2.75) is 39.2 Å². The Balaban J connectivity index is 1.99. The summed E-state index contributed by atoms with van der Waals surface area (Å²) in [4.78, 5) is 2.43. The Morgan fingerprint density at radius 2 is 1.95 bits per heavy atom. The lowest BCUT2D eigenvalue weighted by Crippen LogP contribution is -2.37. The quantitative estimate of drug-likeness (QED) is 0.905. The van der Waals surface area contributed by atoms with Crippen molar-refractivity contribution in [2.24, 2.45) is 0 Å². The summed E-state index contributed by atoms with van der Waals surface area (Å²) in [6.07, 6.45) is 2.74. The van der Waals surface area contributed by atoms with Crippen molar-refractivity contribution in [1.82, 2.24) is 4.90 Å². The zero-order chi connectivity index (χ0) is 13.8. The fourth-order valence-electron chi connectivity index (χ4n) is 2.94. The van der Waals surface area contributed by atoms with Crippen LogP contribution in [0.4, 0.5) is 0 Å². The Hall–Kier alpha value is -1.06. The molecule has 1 fully saturated rings. The average molecular weight is 263 g/mol. The van der Waals surface area contributed by atoms with Gasteiger partial charge >= 0.3 is 0 Å². The Morgan fingerprint density at radius 3 is 2.58 bits per heavy atom. The number of hydrogen-bond donors (Lipinski definition) is 1. The first-order chi connectivity index (χ1) is 9.10. The van der Waals surface area contributed by atoms with Gasteiger partial charge in [-0.15, -0.1) is 0 Å². The summed E-state index contributed by atoms with van der Waals surface area (Å²) in [5, 5.41) is 9.52. The van der Waals surface area contributed by atoms with Gasteiger partial charge in [-0.05, 0) is 44.2 Å². The SMILES string of the molecule is COc1c(C)cc(C)cc1CCN1CCC(O)CC1. The molecule has 106 valence electrons. The van der Waals surface area contributed by atoms with Crippen molar-refractivity contribution < 1.29 is 9.84 Å². The maximum Gasteiger partial charge on any atom is 0.125 e. The molecule has 3 nitrogen and oxygen atoms in total. The average Bonchev–Trinajstić information content (AvgIpc) is 2.37. The summed E-state index contributed by atoms with van der Waals surface area (Å²) >= 11 is 0. The minimum atomic E-state index is -0.0907. The number of rotatable bonds is 4. The third kappa shape index (κ3) is 3.71. The van der Waals surface area contributed by atoms with Crippen LogP contribution in [0.15, 0.2) is 12.1 Å². The van der Waals surface area contributed by atoms with E-state index in [-0.39, 0.29) is 6.10 Å². The van der Waals surface area contributed by atoms with E-state index in [1.54, 1.807) is 7.11 Å². The lowest BCUT2D eigenvalue weighted by Gasteiger charge is -2.29. The van der Waals surface area contributed by atoms with Crippen molar-refractivity contribution in [2.75, 3.05) is 26.7 Å². The third-order valence-electron chi connectivity index (χ3n) is 3.95. The minimum Gasteiger partial charge on any atom is -0.496 e. The number of methoxy groups -OCH3 is 1. The Bertz CT molecular complexity index is 423. The molecule has 0 amide bonds. The van der Waals surface area contributed by atoms with Crippen LogP contribution in [0.25, 0.3) is 0 Å². The zero-order valence-corrected chi connectivity index (χ0v) is 12.3. The molecule has 1 aromatic rings. The van der Waals surface area contributed by atoms with E-state index in [0.717, 1.165) is 44.6 Å². The van der Waals surface area contributed by atoms with Crippen molar-refractivity contribution in [3.63, 3.8) is 0 Å². The maximum atomic E-state index is 9.52. The van der Waals surface area contributed by atoms with Crippen LogP contribution in [0.3, 0.4) is 0 Å². The van der Waals surface area contributed by atoms with Crippen LogP contribution in [0.5, 0.6) is 5.75 Å². The summed E-state index contributed by atoms with van der Waals surface area (Å²) in [5.41, 5.74) is 3.81. The second-order valence-corrected chi connectivity index (χ2v) is 5.60. The second-order valence-electron chi connectivity index (χ2n) is 5.60. The number of ether oxygens (including phenoxy) is 1. The fraction of sp³-hybridized carbons (Fsp3) is 0.625. The molecule has 19 heavy (non-hydrogen) atoms. The van der Waals surface area contributed by atoms with Gasteiger partial charge in [0, 0.05) is 19.6 Å². The first-order valence-electron chi connectivity index (χ1n) is 7.14. The van der Waals surface area contributed by atoms with E-state index in [0.29, 0.717) is 0 Å². The van der Waals surface area contributed by atoms with Crippen LogP contribution in [-0.4, -0.2) is 42.9 Å². The van der Waals surface area contributed by atoms with Crippen molar-refractivity contribution >= 4 is 0 Å². The molecule has 0 aliphatic carbocycles. The first kappa shape index (κ1) is 14.4. The standard InChI is InChI=1S/C16H25NO2/c1-12-10-13(2)16(19-3)14(11-12)4-7-17-8-5-15(18)6-9-17/h10-11,15,18H,4-9H2,1-3H3. The lowest BCUT2D eigenvalue weighted by molar-refractivity contribution is 0.0831. The van der Waals surface area contributed by atoms with E-state index >= 15 is 0 Å². The molecule has 1 aromatic carbocycles. The number of aliphatic hydroxyl groups is 1. The van der Waals surface area contributed by atoms with Crippen LogP contribution in [0.2, 0.25) is 0 Å². The maximum absolute atomic E-state index is 9.52. The largest absolute Gasteiger partial charge is 0.496 e. The van der Waals surface area contributed by atoms with Crippen LogP contribution >= 0.6 is 0 Å². The summed E-state index contributed by atoms with van der Waals surface area (Å²) in [6, 6.07) is 4.39. The molecule has 0 unspecified atom stereocenters. The van der Waals surface area contributed by atoms with Gasteiger partial charge in [0.15, 0.2) is 0 Å². The molecule has 1 N–H and O–H groups in total. The highest BCUT2D eigenvalue weighted by atomic mass is 16.5. The number of piperidine rings is 1. The van der Waals surface area contributed by atoms with Gasteiger partial charge in [-0.3, -0.25) is 0 Å². The first-order valence-corrected chi connectivity index (χ1v) is 7.14. The van der Waals surface area contributed by atoms with Crippen LogP contribution in [0.1, 0.15) is 29.5 Å². The molecule has 2 rings (SSSR count). The molecule has 0 bridgehead atoms.